The molecule has 3 heteroatoms. The minimum atomic E-state index is 0. The molecule has 0 nitrogen and oxygen atoms in total. The monoisotopic (exact) mass is 304 g/mol. The van der Waals surface area contributed by atoms with Gasteiger partial charge in [0.2, 0.25) is 0 Å². The summed E-state index contributed by atoms with van der Waals surface area (Å²) in [5.41, 5.74) is 0. The summed E-state index contributed by atoms with van der Waals surface area (Å²) >= 11 is 0.461. The fraction of sp³-hybridized carbons (Fsp3) is 0. The predicted molar refractivity (Wildman–Crippen MR) is 57.9 cm³/mol. The first kappa shape index (κ1) is 14.5. The first-order valence-corrected chi connectivity index (χ1v) is 5.94. The van der Waals surface area contributed by atoms with Crippen LogP contribution in [0.2, 0.25) is 0 Å². The second-order valence-electron chi connectivity index (χ2n) is 2.73. The first-order chi connectivity index (χ1) is 6.45. The van der Waals surface area contributed by atoms with E-state index in [0.29, 0.717) is 15.0 Å². The zero-order chi connectivity index (χ0) is 8.93. The van der Waals surface area contributed by atoms with Crippen molar-refractivity contribution >= 4 is 23.9 Å². The van der Waals surface area contributed by atoms with Crippen LogP contribution < -0.4 is 33.7 Å². The summed E-state index contributed by atoms with van der Waals surface area (Å²) in [7, 11) is 0. The van der Waals surface area contributed by atoms with Crippen molar-refractivity contribution in [1.82, 2.24) is 0 Å². The van der Waals surface area contributed by atoms with Gasteiger partial charge in [-0.1, -0.05) is 0 Å². The molecule has 2 rings (SSSR count). The Morgan fingerprint density at radius 1 is 0.533 bits per heavy atom. The van der Waals surface area contributed by atoms with Crippen LogP contribution >= 0.6 is 0 Å². The molecule has 0 aliphatic rings. The first-order valence-electron chi connectivity index (χ1n) is 4.23. The number of benzene rings is 2. The predicted octanol–water partition coefficient (Wildman–Crippen LogP) is -4.65. The summed E-state index contributed by atoms with van der Waals surface area (Å²) in [4.78, 5) is 0. The molecule has 1 radical (unpaired) electrons. The Kier molecular flexibility index (Phi) is 7.54. The van der Waals surface area contributed by atoms with Gasteiger partial charge in [0.05, 0.1) is 0 Å². The summed E-state index contributed by atoms with van der Waals surface area (Å²) in [6.07, 6.45) is 0. The van der Waals surface area contributed by atoms with Gasteiger partial charge in [0.1, 0.15) is 0 Å². The molecular formula is C12H10Cl2Se-. The maximum absolute atomic E-state index is 2.19. The molecule has 0 aliphatic carbocycles. The van der Waals surface area contributed by atoms with Crippen LogP contribution in [0.25, 0.3) is 0 Å². The molecule has 0 aliphatic heterocycles. The second kappa shape index (κ2) is 7.78. The van der Waals surface area contributed by atoms with E-state index in [1.54, 1.807) is 0 Å². The second-order valence-corrected chi connectivity index (χ2v) is 5.13. The van der Waals surface area contributed by atoms with Gasteiger partial charge >= 0.3 is 84.5 Å². The molecule has 0 saturated heterocycles. The van der Waals surface area contributed by atoms with Crippen molar-refractivity contribution in [2.75, 3.05) is 0 Å². The average molecular weight is 304 g/mol. The molecule has 2 aromatic rings. The Balaban J connectivity index is 0.000000980. The van der Waals surface area contributed by atoms with Crippen molar-refractivity contribution in [3.8, 4) is 0 Å². The van der Waals surface area contributed by atoms with Crippen LogP contribution in [-0.4, -0.2) is 15.0 Å². The number of rotatable bonds is 2. The molecule has 0 fully saturated rings. The van der Waals surface area contributed by atoms with E-state index in [9.17, 15) is 0 Å². The van der Waals surface area contributed by atoms with E-state index in [2.05, 4.69) is 60.7 Å². The van der Waals surface area contributed by atoms with Gasteiger partial charge in [-0.3, -0.25) is 0 Å². The number of hydrogen-bond donors (Lipinski definition) is 0. The molecule has 0 bridgehead atoms. The van der Waals surface area contributed by atoms with Crippen LogP contribution in [0.15, 0.2) is 60.7 Å². The van der Waals surface area contributed by atoms with E-state index in [1.807, 2.05) is 0 Å². The molecule has 0 aromatic heterocycles. The van der Waals surface area contributed by atoms with Crippen molar-refractivity contribution in [2.24, 2.45) is 0 Å². The van der Waals surface area contributed by atoms with Crippen LogP contribution in [0, 0.1) is 0 Å². The minimum absolute atomic E-state index is 0. The van der Waals surface area contributed by atoms with Crippen LogP contribution in [0.5, 0.6) is 0 Å². The summed E-state index contributed by atoms with van der Waals surface area (Å²) in [5, 5.41) is 0. The van der Waals surface area contributed by atoms with Crippen molar-refractivity contribution in [3.05, 3.63) is 60.7 Å². The maximum atomic E-state index is 2.19. The summed E-state index contributed by atoms with van der Waals surface area (Å²) in [5.74, 6) is 0. The third-order valence-corrected chi connectivity index (χ3v) is 3.85. The Bertz CT molecular complexity index is 324. The van der Waals surface area contributed by atoms with Crippen LogP contribution in [0.1, 0.15) is 0 Å². The van der Waals surface area contributed by atoms with Gasteiger partial charge in [0.25, 0.3) is 0 Å². The van der Waals surface area contributed by atoms with E-state index in [0.717, 1.165) is 0 Å². The van der Waals surface area contributed by atoms with Crippen molar-refractivity contribution in [3.63, 3.8) is 0 Å². The topological polar surface area (TPSA) is 0 Å². The molecular weight excluding hydrogens is 294 g/mol. The molecule has 0 unspecified atom stereocenters. The Morgan fingerprint density at radius 3 is 1.20 bits per heavy atom. The number of hydrogen-bond acceptors (Lipinski definition) is 0. The summed E-state index contributed by atoms with van der Waals surface area (Å²) < 4.78 is 2.86. The third kappa shape index (κ3) is 4.72. The van der Waals surface area contributed by atoms with Crippen LogP contribution in [0.4, 0.5) is 0 Å². The molecule has 0 spiro atoms. The fourth-order valence-corrected chi connectivity index (χ4v) is 2.91. The van der Waals surface area contributed by atoms with Crippen molar-refractivity contribution in [1.29, 1.82) is 0 Å². The molecule has 0 N–H and O–H groups in total. The molecule has 0 amide bonds. The van der Waals surface area contributed by atoms with Crippen LogP contribution in [-0.2, 0) is 0 Å². The average Bonchev–Trinajstić information content (AvgIpc) is 2.21. The van der Waals surface area contributed by atoms with Gasteiger partial charge in [-0.25, -0.2) is 0 Å². The van der Waals surface area contributed by atoms with Gasteiger partial charge in [-0.15, -0.1) is 0 Å². The van der Waals surface area contributed by atoms with Gasteiger partial charge in [0, 0.05) is 0 Å². The SMILES string of the molecule is [Cl-].[Cl-].c1ccc([Se+]c2ccccc2)cc1. The normalized spacial score (nSPS) is 8.53. The summed E-state index contributed by atoms with van der Waals surface area (Å²) in [6, 6.07) is 21.3. The molecule has 15 heavy (non-hydrogen) atoms. The Labute approximate surface area is 109 Å². The van der Waals surface area contributed by atoms with E-state index in [4.69, 9.17) is 0 Å². The summed E-state index contributed by atoms with van der Waals surface area (Å²) in [6.45, 7) is 0. The van der Waals surface area contributed by atoms with E-state index < -0.39 is 0 Å². The van der Waals surface area contributed by atoms with Gasteiger partial charge in [-0.2, -0.15) is 0 Å². The Hall–Kier alpha value is -0.461. The molecule has 0 saturated carbocycles. The van der Waals surface area contributed by atoms with E-state index in [-0.39, 0.29) is 24.8 Å². The molecule has 0 heterocycles. The Morgan fingerprint density at radius 2 is 0.867 bits per heavy atom. The van der Waals surface area contributed by atoms with Gasteiger partial charge in [-0.05, 0) is 0 Å². The van der Waals surface area contributed by atoms with Gasteiger partial charge in [0.15, 0.2) is 0 Å². The molecule has 0 atom stereocenters. The van der Waals surface area contributed by atoms with E-state index in [1.165, 1.54) is 8.92 Å². The van der Waals surface area contributed by atoms with Crippen molar-refractivity contribution in [2.45, 2.75) is 0 Å². The standard InChI is InChI=1S/C12H10Se.2ClH/c1-3-7-11(8-4-1)13-12-9-5-2-6-10-12;;/h1-10H;2*1H/q+1;;/p-2. The van der Waals surface area contributed by atoms with Crippen molar-refractivity contribution < 1.29 is 24.8 Å². The fourth-order valence-electron chi connectivity index (χ4n) is 1.11. The van der Waals surface area contributed by atoms with Crippen LogP contribution in [0.3, 0.4) is 0 Å². The quantitative estimate of drug-likeness (QED) is 0.490. The zero-order valence-electron chi connectivity index (χ0n) is 7.94. The van der Waals surface area contributed by atoms with Gasteiger partial charge < -0.3 is 24.8 Å². The van der Waals surface area contributed by atoms with E-state index >= 15 is 0 Å². The molecule has 2 aromatic carbocycles. The zero-order valence-corrected chi connectivity index (χ0v) is 11.2. The molecule has 79 valence electrons. The number of halogens is 2. The third-order valence-electron chi connectivity index (χ3n) is 1.72.